The molecule has 0 radical (unpaired) electrons. The number of unbranched alkanes of at least 4 members (excludes halogenated alkanes) is 4. The Bertz CT molecular complexity index is 1810. The van der Waals surface area contributed by atoms with E-state index in [0.29, 0.717) is 13.0 Å². The molecule has 2 amide bonds. The van der Waals surface area contributed by atoms with Crippen molar-refractivity contribution in [2.75, 3.05) is 43.5 Å². The number of aliphatic imine (C=N–C) groups is 1. The Morgan fingerprint density at radius 2 is 1.54 bits per heavy atom. The summed E-state index contributed by atoms with van der Waals surface area (Å²) < 4.78 is 0. The summed E-state index contributed by atoms with van der Waals surface area (Å²) in [7, 11) is 2.21. The second-order valence-electron chi connectivity index (χ2n) is 13.5. The molecular weight excluding hydrogens is 674 g/mol. The molecule has 0 aliphatic heterocycles. The number of nitrogens with one attached hydrogen (secondary N) is 2. The summed E-state index contributed by atoms with van der Waals surface area (Å²) in [5, 5.41) is 7.79. The van der Waals surface area contributed by atoms with Gasteiger partial charge in [-0.15, -0.1) is 0 Å². The van der Waals surface area contributed by atoms with Crippen molar-refractivity contribution < 1.29 is 9.59 Å². The second kappa shape index (κ2) is 20.3. The Labute approximate surface area is 312 Å². The SMILES string of the molecule is CCCCCCN(C)CCCc1ccc(NC(=O)[C@@H](C)Cc2ccc(CCCCN=C(N)NC(=O)c3nc(Cl)c(N)nc3N)c3ccccc23)cc1. The number of benzene rings is 3. The van der Waals surface area contributed by atoms with Crippen LogP contribution in [0.25, 0.3) is 10.8 Å². The molecule has 0 saturated carbocycles. The third-order valence-electron chi connectivity index (χ3n) is 9.20. The molecule has 4 aromatic rings. The predicted molar refractivity (Wildman–Crippen MR) is 215 cm³/mol. The van der Waals surface area contributed by atoms with Crippen molar-refractivity contribution >= 4 is 57.5 Å². The number of hydrogen-bond donors (Lipinski definition) is 5. The van der Waals surface area contributed by atoms with Crippen LogP contribution in [0.1, 0.15) is 86.0 Å². The van der Waals surface area contributed by atoms with E-state index in [2.05, 4.69) is 80.9 Å². The van der Waals surface area contributed by atoms with Crippen LogP contribution in [0, 0.1) is 5.92 Å². The third-order valence-corrected chi connectivity index (χ3v) is 9.47. The molecule has 1 atom stereocenters. The minimum absolute atomic E-state index is 0.00952. The first-order valence-corrected chi connectivity index (χ1v) is 18.7. The number of fused-ring (bicyclic) bond motifs is 1. The Balaban J connectivity index is 1.23. The second-order valence-corrected chi connectivity index (χ2v) is 13.9. The molecule has 0 saturated heterocycles. The molecule has 0 fully saturated rings. The summed E-state index contributed by atoms with van der Waals surface area (Å²) in [5.74, 6) is -1.13. The lowest BCUT2D eigenvalue weighted by molar-refractivity contribution is -0.119. The summed E-state index contributed by atoms with van der Waals surface area (Å²) in [6.45, 7) is 6.92. The van der Waals surface area contributed by atoms with Crippen molar-refractivity contribution in [2.45, 2.75) is 78.1 Å². The van der Waals surface area contributed by atoms with E-state index in [4.69, 9.17) is 28.8 Å². The maximum Gasteiger partial charge on any atom is 0.280 e. The molecular formula is C40H54ClN9O2. The van der Waals surface area contributed by atoms with E-state index in [1.54, 1.807) is 0 Å². The summed E-state index contributed by atoms with van der Waals surface area (Å²) >= 11 is 5.86. The van der Waals surface area contributed by atoms with Crippen LogP contribution in [0.3, 0.4) is 0 Å². The van der Waals surface area contributed by atoms with Gasteiger partial charge in [-0.3, -0.25) is 19.9 Å². The van der Waals surface area contributed by atoms with Crippen LogP contribution < -0.4 is 27.8 Å². The zero-order valence-electron chi connectivity index (χ0n) is 30.8. The molecule has 0 aliphatic carbocycles. The highest BCUT2D eigenvalue weighted by Crippen LogP contribution is 2.27. The number of nitrogens with two attached hydrogens (primary N) is 3. The predicted octanol–water partition coefficient (Wildman–Crippen LogP) is 6.78. The van der Waals surface area contributed by atoms with Crippen molar-refractivity contribution in [3.8, 4) is 0 Å². The van der Waals surface area contributed by atoms with Gasteiger partial charge in [-0.05, 0) is 105 Å². The fourth-order valence-electron chi connectivity index (χ4n) is 6.19. The number of anilines is 3. The van der Waals surface area contributed by atoms with E-state index in [0.717, 1.165) is 55.3 Å². The summed E-state index contributed by atoms with van der Waals surface area (Å²) in [6, 6.07) is 20.9. The number of hydrogen-bond acceptors (Lipinski definition) is 8. The molecule has 1 aromatic heterocycles. The van der Waals surface area contributed by atoms with Gasteiger partial charge in [0.2, 0.25) is 5.91 Å². The highest BCUT2D eigenvalue weighted by atomic mass is 35.5. The lowest BCUT2D eigenvalue weighted by Gasteiger charge is -2.17. The average Bonchev–Trinajstić information content (AvgIpc) is 3.12. The van der Waals surface area contributed by atoms with Crippen LogP contribution in [0.4, 0.5) is 17.3 Å². The molecule has 52 heavy (non-hydrogen) atoms. The van der Waals surface area contributed by atoms with E-state index in [-0.39, 0.29) is 40.3 Å². The molecule has 0 aliphatic rings. The maximum absolute atomic E-state index is 13.2. The van der Waals surface area contributed by atoms with Crippen LogP contribution in [0.15, 0.2) is 65.7 Å². The molecule has 0 spiro atoms. The number of amides is 2. The molecule has 11 nitrogen and oxygen atoms in total. The van der Waals surface area contributed by atoms with Gasteiger partial charge in [0, 0.05) is 18.2 Å². The van der Waals surface area contributed by atoms with Gasteiger partial charge in [-0.25, -0.2) is 9.97 Å². The number of halogens is 1. The number of carbonyl (C=O) groups is 2. The van der Waals surface area contributed by atoms with Crippen molar-refractivity contribution in [1.29, 1.82) is 0 Å². The van der Waals surface area contributed by atoms with Crippen molar-refractivity contribution in [1.82, 2.24) is 20.2 Å². The van der Waals surface area contributed by atoms with Crippen LogP contribution in [0.2, 0.25) is 5.15 Å². The molecule has 8 N–H and O–H groups in total. The molecule has 278 valence electrons. The molecule has 0 bridgehead atoms. The van der Waals surface area contributed by atoms with Crippen LogP contribution in [-0.2, 0) is 24.1 Å². The molecule has 0 unspecified atom stereocenters. The third kappa shape index (κ3) is 12.2. The number of aryl methyl sites for hydroxylation is 2. The van der Waals surface area contributed by atoms with Gasteiger partial charge in [0.1, 0.15) is 0 Å². The first-order valence-electron chi connectivity index (χ1n) is 18.3. The highest BCUT2D eigenvalue weighted by Gasteiger charge is 2.18. The smallest absolute Gasteiger partial charge is 0.280 e. The lowest BCUT2D eigenvalue weighted by Crippen LogP contribution is -2.38. The lowest BCUT2D eigenvalue weighted by atomic mass is 9.91. The van der Waals surface area contributed by atoms with Crippen LogP contribution >= 0.6 is 11.6 Å². The van der Waals surface area contributed by atoms with Gasteiger partial charge in [0.15, 0.2) is 28.4 Å². The zero-order valence-corrected chi connectivity index (χ0v) is 31.5. The first-order chi connectivity index (χ1) is 25.0. The topological polar surface area (TPSA) is 178 Å². The summed E-state index contributed by atoms with van der Waals surface area (Å²) in [6.07, 6.45) is 10.5. The summed E-state index contributed by atoms with van der Waals surface area (Å²) in [4.78, 5) is 40.0. The van der Waals surface area contributed by atoms with Crippen LogP contribution in [0.5, 0.6) is 0 Å². The largest absolute Gasteiger partial charge is 0.382 e. The highest BCUT2D eigenvalue weighted by molar-refractivity contribution is 6.31. The Kier molecular flexibility index (Phi) is 15.7. The maximum atomic E-state index is 13.2. The zero-order chi connectivity index (χ0) is 37.5. The number of carbonyl (C=O) groups excluding carboxylic acids is 2. The van der Waals surface area contributed by atoms with Gasteiger partial charge in [-0.1, -0.05) is 93.2 Å². The van der Waals surface area contributed by atoms with E-state index in [1.165, 1.54) is 48.7 Å². The standard InChI is InChI=1S/C40H54ClN9O2/c1-4-5-6-11-24-50(3)25-12-13-28-17-21-31(22-18-28)46-38(51)27(2)26-30-20-19-29(32-15-7-8-16-33(30)32)14-9-10-23-45-40(44)49-39(52)34-36(42)48-37(43)35(41)47-34/h7-8,15-22,27H,4-6,9-14,23-26H2,1-3H3,(H,46,51)(H4,42,43,48)(H3,44,45,49,52)/t27-/m0/s1. The van der Waals surface area contributed by atoms with Gasteiger partial charge >= 0.3 is 0 Å². The Hall–Kier alpha value is -4.74. The minimum atomic E-state index is -0.668. The molecule has 12 heteroatoms. The quantitative estimate of drug-likeness (QED) is 0.0399. The number of nitrogen functional groups attached to an aromatic ring is 2. The van der Waals surface area contributed by atoms with E-state index in [1.807, 2.05) is 31.2 Å². The van der Waals surface area contributed by atoms with E-state index in [9.17, 15) is 9.59 Å². The molecule has 4 rings (SSSR count). The minimum Gasteiger partial charge on any atom is -0.382 e. The van der Waals surface area contributed by atoms with Crippen molar-refractivity contribution in [3.63, 3.8) is 0 Å². The van der Waals surface area contributed by atoms with Gasteiger partial charge in [0.25, 0.3) is 5.91 Å². The number of rotatable bonds is 19. The van der Waals surface area contributed by atoms with Crippen LogP contribution in [-0.4, -0.2) is 59.3 Å². The Morgan fingerprint density at radius 1 is 0.846 bits per heavy atom. The fraction of sp³-hybridized carbons (Fsp3) is 0.425. The van der Waals surface area contributed by atoms with Gasteiger partial charge in [0.05, 0.1) is 0 Å². The number of nitrogens with zero attached hydrogens (tertiary/aromatic N) is 4. The van der Waals surface area contributed by atoms with E-state index < -0.39 is 5.91 Å². The van der Waals surface area contributed by atoms with Crippen molar-refractivity contribution in [3.05, 3.63) is 88.2 Å². The fourth-order valence-corrected chi connectivity index (χ4v) is 6.31. The molecule has 1 heterocycles. The summed E-state index contributed by atoms with van der Waals surface area (Å²) in [5.41, 5.74) is 21.5. The van der Waals surface area contributed by atoms with Crippen molar-refractivity contribution in [2.24, 2.45) is 16.6 Å². The van der Waals surface area contributed by atoms with Gasteiger partial charge in [-0.2, -0.15) is 0 Å². The average molecular weight is 728 g/mol. The van der Waals surface area contributed by atoms with E-state index >= 15 is 0 Å². The number of guanidine groups is 1. The number of aromatic nitrogens is 2. The normalized spacial score (nSPS) is 12.3. The molecule has 3 aromatic carbocycles. The monoisotopic (exact) mass is 727 g/mol. The first kappa shape index (κ1) is 40.0. The Morgan fingerprint density at radius 3 is 2.27 bits per heavy atom. The van der Waals surface area contributed by atoms with Gasteiger partial charge < -0.3 is 27.4 Å².